The first-order valence-electron chi connectivity index (χ1n) is 9.17. The Labute approximate surface area is 173 Å². The molecule has 0 unspecified atom stereocenters. The Morgan fingerprint density at radius 2 is 2.00 bits per heavy atom. The Kier molecular flexibility index (Phi) is 6.53. The molecule has 1 N–H and O–H groups in total. The summed E-state index contributed by atoms with van der Waals surface area (Å²) < 4.78 is 21.4. The predicted octanol–water partition coefficient (Wildman–Crippen LogP) is 4.71. The van der Waals surface area contributed by atoms with Crippen LogP contribution >= 0.6 is 11.8 Å². The van der Waals surface area contributed by atoms with Crippen LogP contribution in [0, 0.1) is 12.7 Å². The fraction of sp³-hybridized carbons (Fsp3) is 0.286. The molecule has 6 nitrogen and oxygen atoms in total. The largest absolute Gasteiger partial charge is 0.495 e. The highest BCUT2D eigenvalue weighted by atomic mass is 32.2. The second-order valence-corrected chi connectivity index (χ2v) is 7.73. The molecule has 0 radical (unpaired) electrons. The van der Waals surface area contributed by atoms with E-state index in [0.29, 0.717) is 28.0 Å². The second kappa shape index (κ2) is 9.09. The molecule has 0 fully saturated rings. The van der Waals surface area contributed by atoms with Crippen molar-refractivity contribution in [3.63, 3.8) is 0 Å². The summed E-state index contributed by atoms with van der Waals surface area (Å²) >= 11 is 1.26. The van der Waals surface area contributed by atoms with Gasteiger partial charge in [-0.05, 0) is 50.6 Å². The van der Waals surface area contributed by atoms with Crippen LogP contribution in [0.4, 0.5) is 10.1 Å². The number of anilines is 1. The van der Waals surface area contributed by atoms with Crippen molar-refractivity contribution in [2.75, 3.05) is 18.2 Å². The molecule has 0 aliphatic rings. The molecule has 3 rings (SSSR count). The Morgan fingerprint density at radius 3 is 2.69 bits per heavy atom. The summed E-state index contributed by atoms with van der Waals surface area (Å²) in [5.41, 5.74) is 2.02. The van der Waals surface area contributed by atoms with Gasteiger partial charge in [-0.15, -0.1) is 10.2 Å². The van der Waals surface area contributed by atoms with Crippen molar-refractivity contribution in [1.82, 2.24) is 14.8 Å². The number of methoxy groups -OCH3 is 1. The number of carbonyl (C=O) groups is 1. The third-order valence-electron chi connectivity index (χ3n) is 4.26. The maximum absolute atomic E-state index is 14.2. The highest BCUT2D eigenvalue weighted by Gasteiger charge is 2.20. The minimum atomic E-state index is -0.359. The topological polar surface area (TPSA) is 69.0 Å². The average Bonchev–Trinajstić information content (AvgIpc) is 3.11. The van der Waals surface area contributed by atoms with Crippen LogP contribution in [0.1, 0.15) is 25.5 Å². The maximum atomic E-state index is 14.2. The number of aromatic nitrogens is 3. The highest BCUT2D eigenvalue weighted by Crippen LogP contribution is 2.30. The van der Waals surface area contributed by atoms with Gasteiger partial charge >= 0.3 is 0 Å². The SMILES string of the molecule is COc1ccc(C)cc1NC(=O)CSc1nnc(-c2ccccc2F)n1C(C)C. The van der Waals surface area contributed by atoms with E-state index in [0.717, 1.165) is 5.56 Å². The Morgan fingerprint density at radius 1 is 1.24 bits per heavy atom. The van der Waals surface area contributed by atoms with Crippen LogP contribution < -0.4 is 10.1 Å². The van der Waals surface area contributed by atoms with E-state index in [2.05, 4.69) is 15.5 Å². The van der Waals surface area contributed by atoms with Crippen LogP contribution in [0.3, 0.4) is 0 Å². The van der Waals surface area contributed by atoms with Gasteiger partial charge in [-0.3, -0.25) is 9.36 Å². The molecule has 2 aromatic carbocycles. The summed E-state index contributed by atoms with van der Waals surface area (Å²) in [6, 6.07) is 12.0. The summed E-state index contributed by atoms with van der Waals surface area (Å²) in [6.45, 7) is 5.88. The number of aryl methyl sites for hydroxylation is 1. The number of benzene rings is 2. The molecule has 3 aromatic rings. The van der Waals surface area contributed by atoms with Gasteiger partial charge < -0.3 is 10.1 Å². The molecule has 152 valence electrons. The lowest BCUT2D eigenvalue weighted by Crippen LogP contribution is -2.15. The van der Waals surface area contributed by atoms with Crippen LogP contribution in [0.2, 0.25) is 0 Å². The molecule has 0 aliphatic carbocycles. The summed E-state index contributed by atoms with van der Waals surface area (Å²) in [5, 5.41) is 11.8. The van der Waals surface area contributed by atoms with Crippen molar-refractivity contribution < 1.29 is 13.9 Å². The van der Waals surface area contributed by atoms with Gasteiger partial charge in [-0.25, -0.2) is 4.39 Å². The zero-order valence-electron chi connectivity index (χ0n) is 16.8. The van der Waals surface area contributed by atoms with E-state index in [1.807, 2.05) is 43.5 Å². The molecule has 8 heteroatoms. The summed E-state index contributed by atoms with van der Waals surface area (Å²) in [5.74, 6) is 0.633. The Balaban J connectivity index is 1.77. The molecule has 0 saturated carbocycles. The zero-order chi connectivity index (χ0) is 21.0. The van der Waals surface area contributed by atoms with E-state index >= 15 is 0 Å². The maximum Gasteiger partial charge on any atom is 0.234 e. The van der Waals surface area contributed by atoms with Crippen LogP contribution in [-0.2, 0) is 4.79 Å². The predicted molar refractivity (Wildman–Crippen MR) is 113 cm³/mol. The van der Waals surface area contributed by atoms with Crippen LogP contribution in [0.5, 0.6) is 5.75 Å². The third kappa shape index (κ3) is 4.76. The van der Waals surface area contributed by atoms with Crippen molar-refractivity contribution >= 4 is 23.4 Å². The number of halogens is 1. The standard InChI is InChI=1S/C21H23FN4O2S/c1-13(2)26-20(15-7-5-6-8-16(15)22)24-25-21(26)29-12-19(27)23-17-11-14(3)9-10-18(17)28-4/h5-11,13H,12H2,1-4H3,(H,23,27). The first-order chi connectivity index (χ1) is 13.9. The minimum Gasteiger partial charge on any atom is -0.495 e. The van der Waals surface area contributed by atoms with E-state index in [4.69, 9.17) is 4.74 Å². The molecule has 0 spiro atoms. The van der Waals surface area contributed by atoms with E-state index < -0.39 is 0 Å². The zero-order valence-corrected chi connectivity index (χ0v) is 17.6. The number of hydrogen-bond donors (Lipinski definition) is 1. The van der Waals surface area contributed by atoms with Crippen LogP contribution in [-0.4, -0.2) is 33.5 Å². The molecule has 0 saturated heterocycles. The smallest absolute Gasteiger partial charge is 0.234 e. The van der Waals surface area contributed by atoms with Crippen molar-refractivity contribution in [3.8, 4) is 17.1 Å². The fourth-order valence-corrected chi connectivity index (χ4v) is 3.77. The minimum absolute atomic E-state index is 0.00188. The van der Waals surface area contributed by atoms with E-state index in [-0.39, 0.29) is 23.5 Å². The molecule has 1 heterocycles. The molecule has 0 bridgehead atoms. The summed E-state index contributed by atoms with van der Waals surface area (Å²) in [4.78, 5) is 12.5. The first-order valence-corrected chi connectivity index (χ1v) is 10.2. The molecule has 0 aliphatic heterocycles. The van der Waals surface area contributed by atoms with E-state index in [1.54, 1.807) is 25.3 Å². The first kappa shape index (κ1) is 20.9. The third-order valence-corrected chi connectivity index (χ3v) is 5.20. The van der Waals surface area contributed by atoms with Gasteiger partial charge in [0.05, 0.1) is 24.1 Å². The lowest BCUT2D eigenvalue weighted by molar-refractivity contribution is -0.113. The van der Waals surface area contributed by atoms with Crippen molar-refractivity contribution in [3.05, 3.63) is 53.8 Å². The van der Waals surface area contributed by atoms with E-state index in [1.165, 1.54) is 17.8 Å². The normalized spacial score (nSPS) is 11.0. The van der Waals surface area contributed by atoms with Gasteiger partial charge in [-0.1, -0.05) is 30.0 Å². The number of nitrogens with one attached hydrogen (secondary N) is 1. The number of nitrogens with zero attached hydrogens (tertiary/aromatic N) is 3. The Bertz CT molecular complexity index is 1020. The summed E-state index contributed by atoms with van der Waals surface area (Å²) in [6.07, 6.45) is 0. The second-order valence-electron chi connectivity index (χ2n) is 6.79. The molecular weight excluding hydrogens is 391 g/mol. The van der Waals surface area contributed by atoms with Gasteiger partial charge in [0.2, 0.25) is 5.91 Å². The quantitative estimate of drug-likeness (QED) is 0.567. The van der Waals surface area contributed by atoms with Gasteiger partial charge in [0, 0.05) is 6.04 Å². The lowest BCUT2D eigenvalue weighted by atomic mass is 10.2. The van der Waals surface area contributed by atoms with Gasteiger partial charge in [0.15, 0.2) is 11.0 Å². The van der Waals surface area contributed by atoms with Crippen molar-refractivity contribution in [2.24, 2.45) is 0 Å². The molecular formula is C21H23FN4O2S. The summed E-state index contributed by atoms with van der Waals surface area (Å²) in [7, 11) is 1.56. The number of thioether (sulfide) groups is 1. The monoisotopic (exact) mass is 414 g/mol. The molecule has 1 amide bonds. The van der Waals surface area contributed by atoms with Gasteiger partial charge in [0.25, 0.3) is 0 Å². The fourth-order valence-electron chi connectivity index (χ4n) is 2.90. The average molecular weight is 415 g/mol. The number of amides is 1. The van der Waals surface area contributed by atoms with Crippen molar-refractivity contribution in [1.29, 1.82) is 0 Å². The van der Waals surface area contributed by atoms with Gasteiger partial charge in [0.1, 0.15) is 11.6 Å². The number of ether oxygens (including phenoxy) is 1. The van der Waals surface area contributed by atoms with Crippen molar-refractivity contribution in [2.45, 2.75) is 32.0 Å². The lowest BCUT2D eigenvalue weighted by Gasteiger charge is -2.14. The molecule has 1 aromatic heterocycles. The Hall–Kier alpha value is -2.87. The van der Waals surface area contributed by atoms with E-state index in [9.17, 15) is 9.18 Å². The number of carbonyl (C=O) groups excluding carboxylic acids is 1. The molecule has 29 heavy (non-hydrogen) atoms. The van der Waals surface area contributed by atoms with Crippen LogP contribution in [0.25, 0.3) is 11.4 Å². The number of rotatable bonds is 7. The number of hydrogen-bond acceptors (Lipinski definition) is 5. The molecule has 0 atom stereocenters. The van der Waals surface area contributed by atoms with Gasteiger partial charge in [-0.2, -0.15) is 0 Å². The highest BCUT2D eigenvalue weighted by molar-refractivity contribution is 7.99. The van der Waals surface area contributed by atoms with Crippen LogP contribution in [0.15, 0.2) is 47.6 Å².